The molecule has 0 heterocycles. The molecule has 96 valence electrons. The van der Waals surface area contributed by atoms with Crippen LogP contribution in [0.25, 0.3) is 0 Å². The first kappa shape index (κ1) is 14.0. The Hall–Kier alpha value is -1.08. The molecule has 0 radical (unpaired) electrons. The van der Waals surface area contributed by atoms with Crippen LogP contribution in [0, 0.1) is 23.2 Å². The van der Waals surface area contributed by atoms with E-state index in [0.29, 0.717) is 6.42 Å². The molecule has 1 aliphatic carbocycles. The number of carboxylic acid groups (broad SMARTS) is 1. The zero-order valence-electron chi connectivity index (χ0n) is 10.3. The second-order valence-electron chi connectivity index (χ2n) is 4.81. The van der Waals surface area contributed by atoms with Crippen molar-refractivity contribution in [2.75, 3.05) is 13.1 Å². The van der Waals surface area contributed by atoms with Crippen molar-refractivity contribution in [1.82, 2.24) is 5.32 Å². The Morgan fingerprint density at radius 2 is 2.12 bits per heavy atom. The fourth-order valence-corrected chi connectivity index (χ4v) is 2.52. The molecular weight excluding hydrogens is 216 g/mol. The summed E-state index contributed by atoms with van der Waals surface area (Å²) in [5, 5.41) is 20.8. The molecule has 2 atom stereocenters. The largest absolute Gasteiger partial charge is 0.481 e. The Kier molecular flexibility index (Phi) is 6.64. The summed E-state index contributed by atoms with van der Waals surface area (Å²) in [6.07, 6.45) is 6.61. The smallest absolute Gasteiger partial charge is 0.306 e. The third kappa shape index (κ3) is 5.18. The Balaban J connectivity index is 2.16. The van der Waals surface area contributed by atoms with Gasteiger partial charge in [0.15, 0.2) is 0 Å². The number of hydrogen-bond donors (Lipinski definition) is 2. The minimum atomic E-state index is -0.638. The molecule has 0 aromatic carbocycles. The zero-order valence-corrected chi connectivity index (χ0v) is 10.3. The van der Waals surface area contributed by atoms with Crippen LogP contribution in [-0.2, 0) is 4.79 Å². The van der Waals surface area contributed by atoms with Crippen molar-refractivity contribution >= 4 is 5.97 Å². The Bertz CT molecular complexity index is 273. The minimum Gasteiger partial charge on any atom is -0.481 e. The standard InChI is InChI=1S/C13H22N2O2/c14-8-4-1-5-9-15-10-11-6-2-3-7-12(11)13(16)17/h11-12,15H,1-7,9-10H2,(H,16,17). The molecule has 2 unspecified atom stereocenters. The average molecular weight is 238 g/mol. The fraction of sp³-hybridized carbons (Fsp3) is 0.846. The summed E-state index contributed by atoms with van der Waals surface area (Å²) in [6, 6.07) is 2.12. The van der Waals surface area contributed by atoms with Crippen LogP contribution < -0.4 is 5.32 Å². The number of unbranched alkanes of at least 4 members (excludes halogenated alkanes) is 2. The van der Waals surface area contributed by atoms with Crippen LogP contribution in [0.2, 0.25) is 0 Å². The van der Waals surface area contributed by atoms with Crippen molar-refractivity contribution in [3.8, 4) is 6.07 Å². The molecule has 0 aromatic heterocycles. The van der Waals surface area contributed by atoms with E-state index in [1.807, 2.05) is 0 Å². The molecule has 17 heavy (non-hydrogen) atoms. The second kappa shape index (κ2) is 8.08. The van der Waals surface area contributed by atoms with Crippen molar-refractivity contribution in [2.24, 2.45) is 11.8 Å². The molecule has 0 bridgehead atoms. The van der Waals surface area contributed by atoms with Crippen molar-refractivity contribution in [1.29, 1.82) is 5.26 Å². The molecule has 1 rings (SSSR count). The van der Waals surface area contributed by atoms with E-state index in [-0.39, 0.29) is 11.8 Å². The molecule has 0 amide bonds. The number of rotatable bonds is 7. The highest BCUT2D eigenvalue weighted by Crippen LogP contribution is 2.29. The van der Waals surface area contributed by atoms with E-state index in [1.165, 1.54) is 0 Å². The number of carboxylic acids is 1. The van der Waals surface area contributed by atoms with E-state index < -0.39 is 5.97 Å². The van der Waals surface area contributed by atoms with Gasteiger partial charge in [0.05, 0.1) is 12.0 Å². The highest BCUT2D eigenvalue weighted by molar-refractivity contribution is 5.70. The van der Waals surface area contributed by atoms with Gasteiger partial charge in [-0.05, 0) is 44.7 Å². The van der Waals surface area contributed by atoms with Crippen LogP contribution in [0.1, 0.15) is 44.9 Å². The van der Waals surface area contributed by atoms with Gasteiger partial charge in [-0.2, -0.15) is 5.26 Å². The SMILES string of the molecule is N#CCCCCNCC1CCCCC1C(=O)O. The van der Waals surface area contributed by atoms with Gasteiger partial charge < -0.3 is 10.4 Å². The first-order valence-electron chi connectivity index (χ1n) is 6.56. The van der Waals surface area contributed by atoms with Crippen LogP contribution in [0.4, 0.5) is 0 Å². The Morgan fingerprint density at radius 1 is 1.35 bits per heavy atom. The van der Waals surface area contributed by atoms with Gasteiger partial charge >= 0.3 is 5.97 Å². The number of aliphatic carboxylic acids is 1. The van der Waals surface area contributed by atoms with Gasteiger partial charge in [0.25, 0.3) is 0 Å². The number of nitrogens with zero attached hydrogens (tertiary/aromatic N) is 1. The summed E-state index contributed by atoms with van der Waals surface area (Å²) in [7, 11) is 0. The zero-order chi connectivity index (χ0) is 12.5. The van der Waals surface area contributed by atoms with E-state index in [9.17, 15) is 4.79 Å². The first-order valence-corrected chi connectivity index (χ1v) is 6.56. The lowest BCUT2D eigenvalue weighted by Gasteiger charge is -2.28. The molecule has 0 spiro atoms. The van der Waals surface area contributed by atoms with Crippen LogP contribution in [-0.4, -0.2) is 24.2 Å². The van der Waals surface area contributed by atoms with Crippen molar-refractivity contribution < 1.29 is 9.90 Å². The predicted molar refractivity (Wildman–Crippen MR) is 65.4 cm³/mol. The molecule has 1 aliphatic rings. The molecule has 4 nitrogen and oxygen atoms in total. The summed E-state index contributed by atoms with van der Waals surface area (Å²) in [5.41, 5.74) is 0. The maximum Gasteiger partial charge on any atom is 0.306 e. The van der Waals surface area contributed by atoms with Crippen LogP contribution >= 0.6 is 0 Å². The predicted octanol–water partition coefficient (Wildman–Crippen LogP) is 2.16. The molecule has 0 saturated heterocycles. The summed E-state index contributed by atoms with van der Waals surface area (Å²) >= 11 is 0. The highest BCUT2D eigenvalue weighted by atomic mass is 16.4. The third-order valence-corrected chi connectivity index (χ3v) is 3.52. The summed E-state index contributed by atoms with van der Waals surface area (Å²) in [4.78, 5) is 11.1. The van der Waals surface area contributed by atoms with Gasteiger partial charge in [0.1, 0.15) is 0 Å². The van der Waals surface area contributed by atoms with Gasteiger partial charge in [-0.15, -0.1) is 0 Å². The lowest BCUT2D eigenvalue weighted by atomic mass is 9.79. The van der Waals surface area contributed by atoms with Crippen LogP contribution in [0.3, 0.4) is 0 Å². The first-order chi connectivity index (χ1) is 8.25. The lowest BCUT2D eigenvalue weighted by molar-refractivity contribution is -0.144. The third-order valence-electron chi connectivity index (χ3n) is 3.52. The number of nitriles is 1. The lowest BCUT2D eigenvalue weighted by Crippen LogP contribution is -2.35. The van der Waals surface area contributed by atoms with Crippen LogP contribution in [0.15, 0.2) is 0 Å². The normalized spacial score (nSPS) is 24.2. The van der Waals surface area contributed by atoms with Crippen LogP contribution in [0.5, 0.6) is 0 Å². The van der Waals surface area contributed by atoms with E-state index >= 15 is 0 Å². The summed E-state index contributed by atoms with van der Waals surface area (Å²) in [6.45, 7) is 1.70. The average Bonchev–Trinajstić information content (AvgIpc) is 2.34. The number of nitrogens with one attached hydrogen (secondary N) is 1. The number of carbonyl (C=O) groups is 1. The Morgan fingerprint density at radius 3 is 2.82 bits per heavy atom. The van der Waals surface area contributed by atoms with E-state index in [4.69, 9.17) is 10.4 Å². The maximum atomic E-state index is 11.1. The maximum absolute atomic E-state index is 11.1. The molecular formula is C13H22N2O2. The van der Waals surface area contributed by atoms with Gasteiger partial charge in [-0.1, -0.05) is 12.8 Å². The molecule has 1 fully saturated rings. The van der Waals surface area contributed by atoms with E-state index in [1.54, 1.807) is 0 Å². The topological polar surface area (TPSA) is 73.1 Å². The van der Waals surface area contributed by atoms with Gasteiger partial charge in [0, 0.05) is 6.42 Å². The van der Waals surface area contributed by atoms with Crippen molar-refractivity contribution in [3.63, 3.8) is 0 Å². The minimum absolute atomic E-state index is 0.157. The summed E-state index contributed by atoms with van der Waals surface area (Å²) < 4.78 is 0. The van der Waals surface area contributed by atoms with Gasteiger partial charge in [-0.25, -0.2) is 0 Å². The highest BCUT2D eigenvalue weighted by Gasteiger charge is 2.30. The molecule has 1 saturated carbocycles. The Labute approximate surface area is 103 Å². The molecule has 2 N–H and O–H groups in total. The van der Waals surface area contributed by atoms with Crippen molar-refractivity contribution in [3.05, 3.63) is 0 Å². The van der Waals surface area contributed by atoms with E-state index in [2.05, 4.69) is 11.4 Å². The van der Waals surface area contributed by atoms with E-state index in [0.717, 1.165) is 51.6 Å². The quantitative estimate of drug-likeness (QED) is 0.667. The molecule has 0 aromatic rings. The monoisotopic (exact) mass is 238 g/mol. The fourth-order valence-electron chi connectivity index (χ4n) is 2.52. The summed E-state index contributed by atoms with van der Waals surface area (Å²) in [5.74, 6) is -0.506. The second-order valence-corrected chi connectivity index (χ2v) is 4.81. The molecule has 4 heteroatoms. The number of hydrogen-bond acceptors (Lipinski definition) is 3. The van der Waals surface area contributed by atoms with Crippen molar-refractivity contribution in [2.45, 2.75) is 44.9 Å². The van der Waals surface area contributed by atoms with Gasteiger partial charge in [-0.3, -0.25) is 4.79 Å². The van der Waals surface area contributed by atoms with Gasteiger partial charge in [0.2, 0.25) is 0 Å². The molecule has 0 aliphatic heterocycles.